The first kappa shape index (κ1) is 13.9. The van der Waals surface area contributed by atoms with E-state index in [0.29, 0.717) is 12.2 Å². The largest absolute Gasteiger partial charge is 0.396 e. The zero-order chi connectivity index (χ0) is 13.8. The zero-order valence-corrected chi connectivity index (χ0v) is 10.2. The second-order valence-electron chi connectivity index (χ2n) is 4.42. The number of aromatic nitrogens is 1. The molecule has 0 aliphatic heterocycles. The van der Waals surface area contributed by atoms with Crippen LogP contribution in [-0.4, -0.2) is 27.2 Å². The van der Waals surface area contributed by atoms with Gasteiger partial charge in [0.1, 0.15) is 11.9 Å². The predicted octanol–water partition coefficient (Wildman–Crippen LogP) is 1.43. The summed E-state index contributed by atoms with van der Waals surface area (Å²) in [6.45, 7) is 3.73. The Kier molecular flexibility index (Phi) is 4.18. The first-order chi connectivity index (χ1) is 8.39. The van der Waals surface area contributed by atoms with Crippen molar-refractivity contribution in [3.63, 3.8) is 0 Å². The normalized spacial score (nSPS) is 10.8. The summed E-state index contributed by atoms with van der Waals surface area (Å²) in [6, 6.07) is 4.37. The molecule has 0 atom stereocenters. The lowest BCUT2D eigenvalue weighted by molar-refractivity contribution is -0.385. The summed E-state index contributed by atoms with van der Waals surface area (Å²) in [4.78, 5) is 13.9. The van der Waals surface area contributed by atoms with Gasteiger partial charge in [-0.3, -0.25) is 10.1 Å². The SMILES string of the molecule is CC(C)(CCO)Nc1ccc([N+](=O)[O-])c(C#N)n1. The van der Waals surface area contributed by atoms with Gasteiger partial charge in [-0.2, -0.15) is 5.26 Å². The van der Waals surface area contributed by atoms with Gasteiger partial charge in [-0.1, -0.05) is 0 Å². The van der Waals surface area contributed by atoms with Crippen molar-refractivity contribution in [2.24, 2.45) is 0 Å². The summed E-state index contributed by atoms with van der Waals surface area (Å²) >= 11 is 0. The first-order valence-electron chi connectivity index (χ1n) is 5.34. The van der Waals surface area contributed by atoms with Gasteiger partial charge in [0.2, 0.25) is 5.69 Å². The fraction of sp³-hybridized carbons (Fsp3) is 0.455. The molecule has 0 fully saturated rings. The topological polar surface area (TPSA) is 112 Å². The summed E-state index contributed by atoms with van der Waals surface area (Å²) in [5, 5.41) is 31.4. The molecule has 0 amide bonds. The fourth-order valence-corrected chi connectivity index (χ4v) is 1.44. The molecular weight excluding hydrogens is 236 g/mol. The smallest absolute Gasteiger partial charge is 0.305 e. The van der Waals surface area contributed by atoms with Gasteiger partial charge in [-0.05, 0) is 26.3 Å². The Balaban J connectivity index is 3.00. The average molecular weight is 250 g/mol. The molecule has 0 unspecified atom stereocenters. The van der Waals surface area contributed by atoms with E-state index >= 15 is 0 Å². The third-order valence-corrected chi connectivity index (χ3v) is 2.38. The Bertz CT molecular complexity index is 494. The Morgan fingerprint density at radius 2 is 2.28 bits per heavy atom. The molecule has 1 aromatic rings. The molecule has 7 nitrogen and oxygen atoms in total. The van der Waals surface area contributed by atoms with Crippen LogP contribution in [0, 0.1) is 21.4 Å². The van der Waals surface area contributed by atoms with Crippen molar-refractivity contribution in [3.05, 3.63) is 27.9 Å². The molecule has 1 aromatic heterocycles. The summed E-state index contributed by atoms with van der Waals surface area (Å²) in [5.41, 5.74) is -0.960. The van der Waals surface area contributed by atoms with Crippen LogP contribution >= 0.6 is 0 Å². The molecule has 0 bridgehead atoms. The second-order valence-corrected chi connectivity index (χ2v) is 4.42. The van der Waals surface area contributed by atoms with Crippen molar-refractivity contribution in [1.29, 1.82) is 5.26 Å². The second kappa shape index (κ2) is 5.42. The Labute approximate surface area is 104 Å². The number of rotatable bonds is 5. The number of nitrogens with zero attached hydrogens (tertiary/aromatic N) is 3. The molecule has 0 saturated carbocycles. The standard InChI is InChI=1S/C11H14N4O3/c1-11(2,5-6-16)14-10-4-3-9(15(17)18)8(7-12)13-10/h3-4,16H,5-6H2,1-2H3,(H,13,14). The molecule has 18 heavy (non-hydrogen) atoms. The van der Waals surface area contributed by atoms with Crippen LogP contribution in [0.1, 0.15) is 26.0 Å². The number of pyridine rings is 1. The van der Waals surface area contributed by atoms with Crippen molar-refractivity contribution in [2.75, 3.05) is 11.9 Å². The van der Waals surface area contributed by atoms with Gasteiger partial charge in [-0.15, -0.1) is 0 Å². The minimum absolute atomic E-state index is 0.0120. The predicted molar refractivity (Wildman–Crippen MR) is 65.0 cm³/mol. The number of hydrogen-bond acceptors (Lipinski definition) is 6. The maximum Gasteiger partial charge on any atom is 0.305 e. The van der Waals surface area contributed by atoms with Crippen LogP contribution < -0.4 is 5.32 Å². The number of anilines is 1. The van der Waals surface area contributed by atoms with E-state index in [1.54, 1.807) is 6.07 Å². The highest BCUT2D eigenvalue weighted by Crippen LogP contribution is 2.21. The maximum absolute atomic E-state index is 10.6. The molecule has 96 valence electrons. The van der Waals surface area contributed by atoms with E-state index in [4.69, 9.17) is 10.4 Å². The summed E-state index contributed by atoms with van der Waals surface area (Å²) in [6.07, 6.45) is 0.494. The molecule has 1 rings (SSSR count). The van der Waals surface area contributed by atoms with Gasteiger partial charge in [0.05, 0.1) is 4.92 Å². The van der Waals surface area contributed by atoms with Gasteiger partial charge in [0, 0.05) is 18.2 Å². The minimum Gasteiger partial charge on any atom is -0.396 e. The summed E-state index contributed by atoms with van der Waals surface area (Å²) < 4.78 is 0. The molecule has 0 radical (unpaired) electrons. The molecule has 0 saturated heterocycles. The van der Waals surface area contributed by atoms with Gasteiger partial charge in [-0.25, -0.2) is 4.98 Å². The van der Waals surface area contributed by atoms with Crippen LogP contribution in [0.25, 0.3) is 0 Å². The van der Waals surface area contributed by atoms with Crippen LogP contribution in [0.5, 0.6) is 0 Å². The number of nitriles is 1. The Hall–Kier alpha value is -2.20. The van der Waals surface area contributed by atoms with Crippen molar-refractivity contribution in [1.82, 2.24) is 4.98 Å². The van der Waals surface area contributed by atoms with Crippen LogP contribution in [0.4, 0.5) is 11.5 Å². The molecule has 0 aliphatic rings. The summed E-state index contributed by atoms with van der Waals surface area (Å²) in [5.74, 6) is 0.371. The molecule has 0 spiro atoms. The molecule has 0 aromatic carbocycles. The van der Waals surface area contributed by atoms with Crippen LogP contribution in [0.3, 0.4) is 0 Å². The maximum atomic E-state index is 10.6. The minimum atomic E-state index is -0.645. The lowest BCUT2D eigenvalue weighted by atomic mass is 10.0. The van der Waals surface area contributed by atoms with E-state index in [2.05, 4.69) is 10.3 Å². The van der Waals surface area contributed by atoms with E-state index in [1.807, 2.05) is 13.8 Å². The van der Waals surface area contributed by atoms with Crippen molar-refractivity contribution < 1.29 is 10.0 Å². The number of hydrogen-bond donors (Lipinski definition) is 2. The van der Waals surface area contributed by atoms with Gasteiger partial charge >= 0.3 is 5.69 Å². The lowest BCUT2D eigenvalue weighted by Crippen LogP contribution is -2.32. The monoisotopic (exact) mass is 250 g/mol. The van der Waals surface area contributed by atoms with E-state index in [1.165, 1.54) is 12.1 Å². The van der Waals surface area contributed by atoms with Crippen molar-refractivity contribution in [2.45, 2.75) is 25.8 Å². The number of nitrogens with one attached hydrogen (secondary N) is 1. The molecular formula is C11H14N4O3. The van der Waals surface area contributed by atoms with E-state index < -0.39 is 10.5 Å². The average Bonchev–Trinajstić information content (AvgIpc) is 2.27. The highest BCUT2D eigenvalue weighted by atomic mass is 16.6. The van der Waals surface area contributed by atoms with Gasteiger partial charge in [0.25, 0.3) is 0 Å². The zero-order valence-electron chi connectivity index (χ0n) is 10.2. The number of aliphatic hydroxyl groups excluding tert-OH is 1. The van der Waals surface area contributed by atoms with Crippen LogP contribution in [0.2, 0.25) is 0 Å². The third-order valence-electron chi connectivity index (χ3n) is 2.38. The summed E-state index contributed by atoms with van der Waals surface area (Å²) in [7, 11) is 0. The quantitative estimate of drug-likeness (QED) is 0.604. The Morgan fingerprint density at radius 1 is 1.61 bits per heavy atom. The highest BCUT2D eigenvalue weighted by Gasteiger charge is 2.20. The van der Waals surface area contributed by atoms with Crippen LogP contribution in [-0.2, 0) is 0 Å². The number of aliphatic hydroxyl groups is 1. The molecule has 7 heteroatoms. The van der Waals surface area contributed by atoms with Gasteiger partial charge < -0.3 is 10.4 Å². The molecule has 0 aliphatic carbocycles. The fourth-order valence-electron chi connectivity index (χ4n) is 1.44. The highest BCUT2D eigenvalue weighted by molar-refractivity contribution is 5.51. The van der Waals surface area contributed by atoms with Crippen LogP contribution in [0.15, 0.2) is 12.1 Å². The van der Waals surface area contributed by atoms with E-state index in [9.17, 15) is 10.1 Å². The van der Waals surface area contributed by atoms with Crippen molar-refractivity contribution in [3.8, 4) is 6.07 Å². The lowest BCUT2D eigenvalue weighted by Gasteiger charge is -2.25. The third kappa shape index (κ3) is 3.40. The van der Waals surface area contributed by atoms with Crippen molar-refractivity contribution >= 4 is 11.5 Å². The Morgan fingerprint density at radius 3 is 2.78 bits per heavy atom. The molecule has 1 heterocycles. The van der Waals surface area contributed by atoms with Gasteiger partial charge in [0.15, 0.2) is 0 Å². The first-order valence-corrected chi connectivity index (χ1v) is 5.34. The van der Waals surface area contributed by atoms with E-state index in [0.717, 1.165) is 0 Å². The molecule has 2 N–H and O–H groups in total. The number of nitro groups is 1. The van der Waals surface area contributed by atoms with E-state index in [-0.39, 0.29) is 18.0 Å².